The zero-order valence-corrected chi connectivity index (χ0v) is 20.1. The first-order valence-corrected chi connectivity index (χ1v) is 10.7. The maximum atomic E-state index is 12.2. The fourth-order valence-corrected chi connectivity index (χ4v) is 2.55. The van der Waals surface area contributed by atoms with Crippen LogP contribution in [0.4, 0.5) is 4.79 Å². The minimum Gasteiger partial charge on any atom is -0.477 e. The van der Waals surface area contributed by atoms with Gasteiger partial charge in [0.1, 0.15) is 0 Å². The highest BCUT2D eigenvalue weighted by atomic mass is 16.7. The van der Waals surface area contributed by atoms with E-state index >= 15 is 0 Å². The summed E-state index contributed by atoms with van der Waals surface area (Å²) >= 11 is 0. The van der Waals surface area contributed by atoms with Crippen molar-refractivity contribution >= 4 is 24.1 Å². The van der Waals surface area contributed by atoms with Gasteiger partial charge in [0, 0.05) is 12.5 Å². The molecule has 0 aliphatic carbocycles. The van der Waals surface area contributed by atoms with Gasteiger partial charge in [0.15, 0.2) is 11.5 Å². The fourth-order valence-electron chi connectivity index (χ4n) is 2.55. The molecule has 0 aliphatic heterocycles. The number of hydrogen-bond acceptors (Lipinski definition) is 9. The average Bonchev–Trinajstić information content (AvgIpc) is 2.74. The largest absolute Gasteiger partial charge is 0.510 e. The van der Waals surface area contributed by atoms with Crippen LogP contribution in [0.15, 0.2) is 18.2 Å². The first-order valence-electron chi connectivity index (χ1n) is 10.7. The Hall–Kier alpha value is -3.14. The summed E-state index contributed by atoms with van der Waals surface area (Å²) < 4.78 is 20.4. The Morgan fingerprint density at radius 3 is 1.97 bits per heavy atom. The predicted octanol–water partition coefficient (Wildman–Crippen LogP) is 3.30. The Kier molecular flexibility index (Phi) is 10.3. The van der Waals surface area contributed by atoms with E-state index in [4.69, 9.17) is 14.2 Å². The molecule has 0 fully saturated rings. The molecule has 0 saturated carbocycles. The summed E-state index contributed by atoms with van der Waals surface area (Å²) in [4.78, 5) is 48.3. The van der Waals surface area contributed by atoms with Crippen molar-refractivity contribution in [3.05, 3.63) is 23.8 Å². The standard InChI is InChI=1S/C23H33NO9/c1-8-15(6)24-23(21(27)28,33-22(29)30-7)12-16-9-10-17(31-19(25)13(2)3)18(11-16)32-20(26)14(4)5/h9-11,13-15,24H,8,12H2,1-7H3,(H,27,28)/t15?,23-/m0/s1. The van der Waals surface area contributed by atoms with Gasteiger partial charge in [-0.15, -0.1) is 0 Å². The predicted molar refractivity (Wildman–Crippen MR) is 118 cm³/mol. The summed E-state index contributed by atoms with van der Waals surface area (Å²) in [5, 5.41) is 12.8. The molecule has 33 heavy (non-hydrogen) atoms. The van der Waals surface area contributed by atoms with E-state index in [1.165, 1.54) is 18.2 Å². The second-order valence-electron chi connectivity index (χ2n) is 8.25. The monoisotopic (exact) mass is 467 g/mol. The van der Waals surface area contributed by atoms with Crippen molar-refractivity contribution in [1.82, 2.24) is 5.32 Å². The van der Waals surface area contributed by atoms with Crippen LogP contribution < -0.4 is 14.8 Å². The maximum Gasteiger partial charge on any atom is 0.510 e. The number of methoxy groups -OCH3 is 1. The van der Waals surface area contributed by atoms with Gasteiger partial charge in [-0.3, -0.25) is 14.9 Å². The lowest BCUT2D eigenvalue weighted by molar-refractivity contribution is -0.166. The molecule has 0 heterocycles. The van der Waals surface area contributed by atoms with E-state index in [2.05, 4.69) is 10.1 Å². The van der Waals surface area contributed by atoms with Crippen LogP contribution >= 0.6 is 0 Å². The van der Waals surface area contributed by atoms with Crippen LogP contribution in [0.1, 0.15) is 53.5 Å². The third-order valence-electron chi connectivity index (χ3n) is 4.69. The molecule has 1 rings (SSSR count). The van der Waals surface area contributed by atoms with Crippen LogP contribution in [0.25, 0.3) is 0 Å². The number of carbonyl (C=O) groups is 4. The topological polar surface area (TPSA) is 137 Å². The van der Waals surface area contributed by atoms with E-state index < -0.39 is 41.6 Å². The second kappa shape index (κ2) is 12.2. The van der Waals surface area contributed by atoms with Gasteiger partial charge < -0.3 is 24.1 Å². The number of carboxylic acid groups (broad SMARTS) is 1. The molecule has 1 aromatic rings. The minimum atomic E-state index is -2.15. The van der Waals surface area contributed by atoms with Gasteiger partial charge >= 0.3 is 24.1 Å². The van der Waals surface area contributed by atoms with Crippen molar-refractivity contribution in [1.29, 1.82) is 0 Å². The number of carbonyl (C=O) groups excluding carboxylic acids is 3. The number of hydrogen-bond donors (Lipinski definition) is 2. The zero-order chi connectivity index (χ0) is 25.3. The van der Waals surface area contributed by atoms with Crippen LogP contribution in [0.5, 0.6) is 11.5 Å². The van der Waals surface area contributed by atoms with Crippen molar-refractivity contribution in [3.8, 4) is 11.5 Å². The number of rotatable bonds is 11. The number of nitrogens with one attached hydrogen (secondary N) is 1. The van der Waals surface area contributed by atoms with Crippen molar-refractivity contribution in [3.63, 3.8) is 0 Å². The summed E-state index contributed by atoms with van der Waals surface area (Å²) in [5.41, 5.74) is -1.81. The number of esters is 2. The summed E-state index contributed by atoms with van der Waals surface area (Å²) in [6, 6.07) is 3.94. The highest BCUT2D eigenvalue weighted by molar-refractivity contribution is 5.81. The first-order chi connectivity index (χ1) is 15.3. The number of benzene rings is 1. The normalized spacial score (nSPS) is 13.7. The highest BCUT2D eigenvalue weighted by Gasteiger charge is 2.44. The van der Waals surface area contributed by atoms with E-state index in [-0.39, 0.29) is 24.0 Å². The highest BCUT2D eigenvalue weighted by Crippen LogP contribution is 2.32. The minimum absolute atomic E-state index is 0.0103. The van der Waals surface area contributed by atoms with E-state index in [0.717, 1.165) is 7.11 Å². The fraction of sp³-hybridized carbons (Fsp3) is 0.565. The Balaban J connectivity index is 3.46. The summed E-state index contributed by atoms with van der Waals surface area (Å²) in [5.74, 6) is -3.47. The molecular weight excluding hydrogens is 434 g/mol. The lowest BCUT2D eigenvalue weighted by atomic mass is 10.00. The molecule has 0 radical (unpaired) electrons. The molecule has 0 aliphatic rings. The maximum absolute atomic E-state index is 12.2. The van der Waals surface area contributed by atoms with Crippen LogP contribution in [0.3, 0.4) is 0 Å². The number of aliphatic carboxylic acids is 1. The van der Waals surface area contributed by atoms with Gasteiger partial charge in [-0.05, 0) is 31.0 Å². The second-order valence-corrected chi connectivity index (χ2v) is 8.25. The molecule has 0 saturated heterocycles. The molecule has 1 unspecified atom stereocenters. The van der Waals surface area contributed by atoms with Gasteiger partial charge in [-0.1, -0.05) is 40.7 Å². The van der Waals surface area contributed by atoms with Crippen molar-refractivity contribution in [2.75, 3.05) is 7.11 Å². The third-order valence-corrected chi connectivity index (χ3v) is 4.69. The summed E-state index contributed by atoms with van der Waals surface area (Å²) in [6.07, 6.45) is -0.949. The SMILES string of the molecule is CCC(C)N[C@@](Cc1ccc(OC(=O)C(C)C)c(OC(=O)C(C)C)c1)(OC(=O)OC)C(=O)O. The Morgan fingerprint density at radius 1 is 0.970 bits per heavy atom. The molecule has 1 aromatic carbocycles. The lowest BCUT2D eigenvalue weighted by Gasteiger charge is -2.32. The molecule has 2 N–H and O–H groups in total. The van der Waals surface area contributed by atoms with Crippen molar-refractivity contribution in [2.24, 2.45) is 11.8 Å². The Labute approximate surface area is 193 Å². The molecular formula is C23H33NO9. The van der Waals surface area contributed by atoms with Gasteiger partial charge in [-0.25, -0.2) is 9.59 Å². The molecule has 2 atom stereocenters. The van der Waals surface area contributed by atoms with Crippen LogP contribution in [-0.4, -0.2) is 48.0 Å². The number of carboxylic acids is 1. The molecule has 10 heteroatoms. The third kappa shape index (κ3) is 8.05. The first kappa shape index (κ1) is 27.9. The molecule has 0 spiro atoms. The zero-order valence-electron chi connectivity index (χ0n) is 20.1. The Bertz CT molecular complexity index is 865. The molecule has 0 bridgehead atoms. The van der Waals surface area contributed by atoms with Gasteiger partial charge in [0.2, 0.25) is 0 Å². The molecule has 0 aromatic heterocycles. The molecule has 0 amide bonds. The molecule has 10 nitrogen and oxygen atoms in total. The lowest BCUT2D eigenvalue weighted by Crippen LogP contribution is -2.59. The van der Waals surface area contributed by atoms with Crippen molar-refractivity contribution in [2.45, 2.75) is 66.2 Å². The van der Waals surface area contributed by atoms with E-state index in [1.807, 2.05) is 6.92 Å². The van der Waals surface area contributed by atoms with Crippen molar-refractivity contribution < 1.29 is 43.2 Å². The quantitative estimate of drug-likeness (QED) is 0.283. The van der Waals surface area contributed by atoms with E-state index in [0.29, 0.717) is 12.0 Å². The van der Waals surface area contributed by atoms with E-state index in [1.54, 1.807) is 34.6 Å². The van der Waals surface area contributed by atoms with E-state index in [9.17, 15) is 24.3 Å². The van der Waals surface area contributed by atoms with Crippen LogP contribution in [-0.2, 0) is 30.3 Å². The summed E-state index contributed by atoms with van der Waals surface area (Å²) in [7, 11) is 1.07. The van der Waals surface area contributed by atoms with Gasteiger partial charge in [0.25, 0.3) is 5.72 Å². The summed E-state index contributed by atoms with van der Waals surface area (Å²) in [6.45, 7) is 10.2. The molecule has 184 valence electrons. The smallest absolute Gasteiger partial charge is 0.477 e. The average molecular weight is 468 g/mol. The van der Waals surface area contributed by atoms with Gasteiger partial charge in [0.05, 0.1) is 18.9 Å². The Morgan fingerprint density at radius 2 is 1.52 bits per heavy atom. The van der Waals surface area contributed by atoms with Gasteiger partial charge in [-0.2, -0.15) is 0 Å². The van der Waals surface area contributed by atoms with Crippen LogP contribution in [0, 0.1) is 11.8 Å². The number of ether oxygens (including phenoxy) is 4. The van der Waals surface area contributed by atoms with Crippen LogP contribution in [0.2, 0.25) is 0 Å².